The molecule has 3 aliphatic heterocycles. The van der Waals surface area contributed by atoms with E-state index in [1.807, 2.05) is 6.08 Å². The highest BCUT2D eigenvalue weighted by atomic mass is 16.8. The number of aliphatic hydroxyl groups excluding tert-OH is 11. The van der Waals surface area contributed by atoms with E-state index in [0.29, 0.717) is 6.42 Å². The molecule has 3 heterocycles. The summed E-state index contributed by atoms with van der Waals surface area (Å²) in [6.45, 7) is 1.66. The van der Waals surface area contributed by atoms with Gasteiger partial charge in [-0.3, -0.25) is 4.79 Å². The summed E-state index contributed by atoms with van der Waals surface area (Å²) in [5, 5.41) is 121. The standard InChI is InChI=1S/C90H159NO18/c1-3-5-7-9-11-13-15-17-19-21-23-25-27-29-31-32-33-34-35-36-37-38-39-40-42-44-46-48-50-52-54-56-58-60-62-64-66-68-78(96)91-73(74(95)67-65-63-61-59-57-55-53-51-49-47-45-43-41-30-28-26-24-22-20-18-16-14-12-10-8-6-4-2)72-104-88-84(102)81(99)86(76(70-93)106-88)109-90-85(103)82(100)87(77(71-94)107-90)108-89-83(101)80(98)79(97)75(69-92)105-89/h5,7,11,13,17,19,23,25,29,31,33-34,36-37,65,67,73-77,79-90,92-95,97-103H,3-4,6,8-10,12,14-16,18,20-22,24,26-28,30,32,35,38-64,66,68-72H2,1-2H3,(H,91,96)/b7-5-,13-11-,19-17-,25-23-,31-29-,34-33-,37-36-,67-65+. The zero-order valence-corrected chi connectivity index (χ0v) is 68.0. The molecule has 0 aromatic carbocycles. The van der Waals surface area contributed by atoms with Gasteiger partial charge in [-0.2, -0.15) is 0 Å². The number of ether oxygens (including phenoxy) is 6. The lowest BCUT2D eigenvalue weighted by atomic mass is 9.96. The molecule has 0 aliphatic carbocycles. The van der Waals surface area contributed by atoms with Gasteiger partial charge < -0.3 is 89.9 Å². The first kappa shape index (κ1) is 99.9. The van der Waals surface area contributed by atoms with E-state index in [1.54, 1.807) is 6.08 Å². The zero-order valence-electron chi connectivity index (χ0n) is 68.0. The first-order valence-corrected chi connectivity index (χ1v) is 44.0. The van der Waals surface area contributed by atoms with E-state index in [2.05, 4.69) is 104 Å². The number of allylic oxidation sites excluding steroid dienone is 15. The van der Waals surface area contributed by atoms with Crippen LogP contribution in [0.25, 0.3) is 0 Å². The molecule has 0 aromatic rings. The molecule has 1 amide bonds. The third-order valence-electron chi connectivity index (χ3n) is 21.4. The van der Waals surface area contributed by atoms with Crippen molar-refractivity contribution in [1.29, 1.82) is 0 Å². The number of carbonyl (C=O) groups excluding carboxylic acids is 1. The third kappa shape index (κ3) is 48.0. The Labute approximate surface area is 660 Å². The van der Waals surface area contributed by atoms with Gasteiger partial charge in [0.2, 0.25) is 5.91 Å². The summed E-state index contributed by atoms with van der Waals surface area (Å²) in [4.78, 5) is 13.5. The number of aliphatic hydroxyl groups is 11. The molecule has 0 aromatic heterocycles. The minimum absolute atomic E-state index is 0.240. The number of rotatable bonds is 70. The van der Waals surface area contributed by atoms with Gasteiger partial charge in [0.1, 0.15) is 73.2 Å². The van der Waals surface area contributed by atoms with E-state index in [4.69, 9.17) is 28.4 Å². The normalized spacial score (nSPS) is 25.8. The molecule has 0 radical (unpaired) electrons. The molecular formula is C90H159NO18. The Morgan fingerprint density at radius 1 is 0.339 bits per heavy atom. The van der Waals surface area contributed by atoms with Gasteiger partial charge in [0.05, 0.1) is 38.6 Å². The van der Waals surface area contributed by atoms with Crippen LogP contribution in [0.15, 0.2) is 97.2 Å². The summed E-state index contributed by atoms with van der Waals surface area (Å²) >= 11 is 0. The fourth-order valence-electron chi connectivity index (χ4n) is 14.4. The lowest BCUT2D eigenvalue weighted by molar-refractivity contribution is -0.379. The van der Waals surface area contributed by atoms with Gasteiger partial charge in [-0.05, 0) is 77.0 Å². The SMILES string of the molecule is CC/C=C\C/C=C\C/C=C\C/C=C\C/C=C\C/C=C\C/C=C\CCCCCCCCCCCCCCCCCC(=O)NC(COC1OC(CO)C(OC2OC(CO)C(OC3OC(CO)C(O)C(O)C3O)C(O)C2O)C(O)C1O)C(O)/C=C/CCCCCCCCCCCCCCCCCCCCCCCCCCC. The van der Waals surface area contributed by atoms with Crippen molar-refractivity contribution in [3.05, 3.63) is 97.2 Å². The van der Waals surface area contributed by atoms with Crippen LogP contribution in [0.5, 0.6) is 0 Å². The molecule has 632 valence electrons. The van der Waals surface area contributed by atoms with Gasteiger partial charge >= 0.3 is 0 Å². The summed E-state index contributed by atoms with van der Waals surface area (Å²) in [7, 11) is 0. The van der Waals surface area contributed by atoms with Gasteiger partial charge in [-0.25, -0.2) is 0 Å². The van der Waals surface area contributed by atoms with Crippen LogP contribution < -0.4 is 5.32 Å². The van der Waals surface area contributed by atoms with Crippen LogP contribution in [0.3, 0.4) is 0 Å². The average molecular weight is 1540 g/mol. The largest absolute Gasteiger partial charge is 0.394 e. The number of hydrogen-bond acceptors (Lipinski definition) is 18. The lowest BCUT2D eigenvalue weighted by Gasteiger charge is -2.48. The van der Waals surface area contributed by atoms with Crippen molar-refractivity contribution in [2.24, 2.45) is 0 Å². The van der Waals surface area contributed by atoms with E-state index in [-0.39, 0.29) is 18.9 Å². The number of nitrogens with one attached hydrogen (secondary N) is 1. The lowest BCUT2D eigenvalue weighted by Crippen LogP contribution is -2.66. The van der Waals surface area contributed by atoms with Crippen LogP contribution in [0.1, 0.15) is 335 Å². The highest BCUT2D eigenvalue weighted by Gasteiger charge is 2.54. The van der Waals surface area contributed by atoms with Crippen molar-refractivity contribution < 1.29 is 89.4 Å². The van der Waals surface area contributed by atoms with Crippen LogP contribution in [-0.2, 0) is 33.2 Å². The molecular weight excluding hydrogens is 1380 g/mol. The van der Waals surface area contributed by atoms with E-state index in [0.717, 1.165) is 96.3 Å². The topological polar surface area (TPSA) is 307 Å². The predicted molar refractivity (Wildman–Crippen MR) is 438 cm³/mol. The maximum absolute atomic E-state index is 13.5. The smallest absolute Gasteiger partial charge is 0.220 e. The van der Waals surface area contributed by atoms with Crippen LogP contribution >= 0.6 is 0 Å². The van der Waals surface area contributed by atoms with Crippen molar-refractivity contribution in [3.63, 3.8) is 0 Å². The Bertz CT molecular complexity index is 2340. The summed E-state index contributed by atoms with van der Waals surface area (Å²) in [5.41, 5.74) is 0. The Balaban J connectivity index is 1.34. The van der Waals surface area contributed by atoms with E-state index in [9.17, 15) is 61.0 Å². The Morgan fingerprint density at radius 2 is 0.633 bits per heavy atom. The molecule has 17 atom stereocenters. The maximum atomic E-state index is 13.5. The molecule has 0 spiro atoms. The second-order valence-electron chi connectivity index (χ2n) is 31.0. The monoisotopic (exact) mass is 1540 g/mol. The fourth-order valence-corrected chi connectivity index (χ4v) is 14.4. The highest BCUT2D eigenvalue weighted by Crippen LogP contribution is 2.33. The molecule has 109 heavy (non-hydrogen) atoms. The van der Waals surface area contributed by atoms with E-state index in [1.165, 1.54) is 212 Å². The number of carbonyl (C=O) groups is 1. The summed E-state index contributed by atoms with van der Waals surface area (Å²) in [6, 6.07) is -0.980. The van der Waals surface area contributed by atoms with Crippen molar-refractivity contribution in [2.45, 2.75) is 439 Å². The van der Waals surface area contributed by atoms with Gasteiger partial charge in [0.15, 0.2) is 18.9 Å². The molecule has 12 N–H and O–H groups in total. The van der Waals surface area contributed by atoms with Crippen molar-refractivity contribution in [2.75, 3.05) is 26.4 Å². The van der Waals surface area contributed by atoms with Crippen LogP contribution in [0, 0.1) is 0 Å². The highest BCUT2D eigenvalue weighted by molar-refractivity contribution is 5.76. The van der Waals surface area contributed by atoms with Crippen molar-refractivity contribution >= 4 is 5.91 Å². The first-order valence-electron chi connectivity index (χ1n) is 44.0. The summed E-state index contributed by atoms with van der Waals surface area (Å²) in [5.74, 6) is -0.274. The molecule has 0 saturated carbocycles. The van der Waals surface area contributed by atoms with E-state index < -0.39 is 124 Å². The van der Waals surface area contributed by atoms with Crippen LogP contribution in [0.4, 0.5) is 0 Å². The van der Waals surface area contributed by atoms with Gasteiger partial charge in [-0.15, -0.1) is 0 Å². The third-order valence-corrected chi connectivity index (χ3v) is 21.4. The average Bonchev–Trinajstić information content (AvgIpc) is 0.760. The van der Waals surface area contributed by atoms with Crippen molar-refractivity contribution in [3.8, 4) is 0 Å². The molecule has 19 nitrogen and oxygen atoms in total. The predicted octanol–water partition coefficient (Wildman–Crippen LogP) is 16.3. The minimum Gasteiger partial charge on any atom is -0.394 e. The quantitative estimate of drug-likeness (QED) is 0.0199. The molecule has 3 fully saturated rings. The van der Waals surface area contributed by atoms with Gasteiger partial charge in [0.25, 0.3) is 0 Å². The Kier molecular flexibility index (Phi) is 63.3. The second kappa shape index (κ2) is 69.1. The van der Waals surface area contributed by atoms with Gasteiger partial charge in [-0.1, -0.05) is 349 Å². The number of hydrogen-bond donors (Lipinski definition) is 12. The molecule has 0 bridgehead atoms. The molecule has 3 rings (SSSR count). The number of amides is 1. The minimum atomic E-state index is -1.98. The first-order chi connectivity index (χ1) is 53.3. The number of unbranched alkanes of at least 4 members (excludes halogenated alkanes) is 40. The zero-order chi connectivity index (χ0) is 78.8. The summed E-state index contributed by atoms with van der Waals surface area (Å²) in [6.07, 6.45) is 68.2. The van der Waals surface area contributed by atoms with Crippen molar-refractivity contribution in [1.82, 2.24) is 5.32 Å². The fraction of sp³-hybridized carbons (Fsp3) is 0.811. The maximum Gasteiger partial charge on any atom is 0.220 e. The van der Waals surface area contributed by atoms with Crippen LogP contribution in [0.2, 0.25) is 0 Å². The molecule has 17 unspecified atom stereocenters. The molecule has 3 saturated heterocycles. The van der Waals surface area contributed by atoms with Crippen LogP contribution in [-0.4, -0.2) is 193 Å². The molecule has 19 heteroatoms. The Morgan fingerprint density at radius 3 is 0.991 bits per heavy atom. The van der Waals surface area contributed by atoms with E-state index >= 15 is 0 Å². The summed E-state index contributed by atoms with van der Waals surface area (Å²) < 4.78 is 34.5. The second-order valence-corrected chi connectivity index (χ2v) is 31.0. The molecule has 3 aliphatic rings. The van der Waals surface area contributed by atoms with Gasteiger partial charge in [0, 0.05) is 6.42 Å². The Hall–Kier alpha value is -3.29.